The Morgan fingerprint density at radius 3 is 3.06 bits per heavy atom. The molecule has 0 unspecified atom stereocenters. The molecular weight excluding hydrogens is 200 g/mol. The highest BCUT2D eigenvalue weighted by Gasteiger charge is 2.23. The summed E-state index contributed by atoms with van der Waals surface area (Å²) in [6, 6.07) is 0.494. The lowest BCUT2D eigenvalue weighted by Crippen LogP contribution is -2.29. The summed E-state index contributed by atoms with van der Waals surface area (Å²) in [4.78, 5) is 0. The number of hydrogen-bond acceptors (Lipinski definition) is 3. The molecular formula is C13H22N2O. The SMILES string of the molecule is COC[C@@H]1CCCN1/N=C1/C=C(C)CCC1. The first-order chi connectivity index (χ1) is 7.79. The summed E-state index contributed by atoms with van der Waals surface area (Å²) in [5.74, 6) is 0. The third kappa shape index (κ3) is 2.85. The molecule has 1 aliphatic carbocycles. The molecule has 0 amide bonds. The smallest absolute Gasteiger partial charge is 0.0704 e. The van der Waals surface area contributed by atoms with Gasteiger partial charge in [0.1, 0.15) is 0 Å². The molecule has 90 valence electrons. The Bertz CT molecular complexity index is 296. The van der Waals surface area contributed by atoms with E-state index in [1.54, 1.807) is 7.11 Å². The first-order valence-corrected chi connectivity index (χ1v) is 6.30. The minimum atomic E-state index is 0.494. The Morgan fingerprint density at radius 1 is 1.44 bits per heavy atom. The van der Waals surface area contributed by atoms with E-state index >= 15 is 0 Å². The van der Waals surface area contributed by atoms with Gasteiger partial charge in [-0.3, -0.25) is 5.01 Å². The standard InChI is InChI=1S/C13H22N2O/c1-11-5-3-6-12(9-11)14-15-8-4-7-13(15)10-16-2/h9,13H,3-8,10H2,1-2H3/b14-12+/t13-/m0/s1. The molecule has 3 nitrogen and oxygen atoms in total. The maximum absolute atomic E-state index is 5.24. The van der Waals surface area contributed by atoms with Crippen molar-refractivity contribution in [1.29, 1.82) is 0 Å². The maximum Gasteiger partial charge on any atom is 0.0704 e. The van der Waals surface area contributed by atoms with Crippen molar-refractivity contribution in [2.24, 2.45) is 5.10 Å². The number of methoxy groups -OCH3 is 1. The molecule has 0 radical (unpaired) electrons. The second kappa shape index (κ2) is 5.48. The normalized spacial score (nSPS) is 28.6. The molecule has 1 saturated heterocycles. The predicted octanol–water partition coefficient (Wildman–Crippen LogP) is 2.58. The van der Waals surface area contributed by atoms with Gasteiger partial charge in [-0.1, -0.05) is 5.57 Å². The third-order valence-electron chi connectivity index (χ3n) is 3.38. The van der Waals surface area contributed by atoms with Crippen molar-refractivity contribution >= 4 is 5.71 Å². The molecule has 0 aromatic rings. The van der Waals surface area contributed by atoms with Gasteiger partial charge in [-0.2, -0.15) is 5.10 Å². The van der Waals surface area contributed by atoms with E-state index in [9.17, 15) is 0 Å². The molecule has 0 bridgehead atoms. The summed E-state index contributed by atoms with van der Waals surface area (Å²) in [6.07, 6.45) is 8.34. The van der Waals surface area contributed by atoms with Gasteiger partial charge in [0.15, 0.2) is 0 Å². The van der Waals surface area contributed by atoms with Gasteiger partial charge in [0.25, 0.3) is 0 Å². The lowest BCUT2D eigenvalue weighted by atomic mass is 10.00. The molecule has 0 spiro atoms. The van der Waals surface area contributed by atoms with Gasteiger partial charge >= 0.3 is 0 Å². The van der Waals surface area contributed by atoms with E-state index in [2.05, 4.69) is 18.0 Å². The third-order valence-corrected chi connectivity index (χ3v) is 3.38. The van der Waals surface area contributed by atoms with Gasteiger partial charge in [0.2, 0.25) is 0 Å². The molecule has 3 heteroatoms. The molecule has 1 atom stereocenters. The second-order valence-electron chi connectivity index (χ2n) is 4.85. The lowest BCUT2D eigenvalue weighted by Gasteiger charge is -2.22. The Hall–Kier alpha value is -0.830. The van der Waals surface area contributed by atoms with E-state index in [0.29, 0.717) is 6.04 Å². The Kier molecular flexibility index (Phi) is 3.99. The number of hydrogen-bond donors (Lipinski definition) is 0. The first kappa shape index (κ1) is 11.6. The van der Waals surface area contributed by atoms with Crippen molar-refractivity contribution in [3.05, 3.63) is 11.6 Å². The van der Waals surface area contributed by atoms with Crippen LogP contribution in [0.15, 0.2) is 16.8 Å². The summed E-state index contributed by atoms with van der Waals surface area (Å²) in [5.41, 5.74) is 2.72. The van der Waals surface area contributed by atoms with Crippen molar-refractivity contribution in [2.75, 3.05) is 20.3 Å². The van der Waals surface area contributed by atoms with Gasteiger partial charge in [0.05, 0.1) is 18.4 Å². The van der Waals surface area contributed by atoms with Crippen molar-refractivity contribution < 1.29 is 4.74 Å². The van der Waals surface area contributed by atoms with Crippen molar-refractivity contribution in [3.63, 3.8) is 0 Å². The summed E-state index contributed by atoms with van der Waals surface area (Å²) in [5, 5.41) is 7.01. The van der Waals surface area contributed by atoms with Crippen LogP contribution in [0.25, 0.3) is 0 Å². The largest absolute Gasteiger partial charge is 0.382 e. The number of ether oxygens (including phenoxy) is 1. The monoisotopic (exact) mass is 222 g/mol. The number of allylic oxidation sites excluding steroid dienone is 2. The minimum absolute atomic E-state index is 0.494. The van der Waals surface area contributed by atoms with Gasteiger partial charge in [-0.15, -0.1) is 0 Å². The predicted molar refractivity (Wildman–Crippen MR) is 66.6 cm³/mol. The Labute approximate surface area is 98.2 Å². The van der Waals surface area contributed by atoms with Crippen LogP contribution in [0.4, 0.5) is 0 Å². The van der Waals surface area contributed by atoms with E-state index < -0.39 is 0 Å². The lowest BCUT2D eigenvalue weighted by molar-refractivity contribution is 0.118. The fourth-order valence-electron chi connectivity index (χ4n) is 2.53. The van der Waals surface area contributed by atoms with Crippen molar-refractivity contribution in [3.8, 4) is 0 Å². The summed E-state index contributed by atoms with van der Waals surface area (Å²) in [6.45, 7) is 4.09. The molecule has 2 rings (SSSR count). The van der Waals surface area contributed by atoms with Gasteiger partial charge in [-0.05, 0) is 45.1 Å². The van der Waals surface area contributed by atoms with Crippen LogP contribution in [0.5, 0.6) is 0 Å². The quantitative estimate of drug-likeness (QED) is 0.733. The second-order valence-corrected chi connectivity index (χ2v) is 4.85. The topological polar surface area (TPSA) is 24.8 Å². The van der Waals surface area contributed by atoms with Crippen LogP contribution in [-0.4, -0.2) is 37.0 Å². The van der Waals surface area contributed by atoms with E-state index in [1.165, 1.54) is 37.0 Å². The molecule has 1 aliphatic heterocycles. The molecule has 0 saturated carbocycles. The Balaban J connectivity index is 2.01. The zero-order valence-corrected chi connectivity index (χ0v) is 10.4. The number of nitrogens with zero attached hydrogens (tertiary/aromatic N) is 2. The molecule has 2 aliphatic rings. The van der Waals surface area contributed by atoms with Gasteiger partial charge in [-0.25, -0.2) is 0 Å². The van der Waals surface area contributed by atoms with Crippen LogP contribution in [0.1, 0.15) is 39.0 Å². The zero-order chi connectivity index (χ0) is 11.4. The molecule has 1 fully saturated rings. The zero-order valence-electron chi connectivity index (χ0n) is 10.4. The van der Waals surface area contributed by atoms with Crippen molar-refractivity contribution in [2.45, 2.75) is 45.1 Å². The van der Waals surface area contributed by atoms with Crippen LogP contribution in [0.3, 0.4) is 0 Å². The summed E-state index contributed by atoms with van der Waals surface area (Å²) in [7, 11) is 1.77. The van der Waals surface area contributed by atoms with Crippen LogP contribution in [-0.2, 0) is 4.74 Å². The highest BCUT2D eigenvalue weighted by atomic mass is 16.5. The molecule has 0 aromatic heterocycles. The van der Waals surface area contributed by atoms with Crippen molar-refractivity contribution in [1.82, 2.24) is 5.01 Å². The van der Waals surface area contributed by atoms with Crippen LogP contribution in [0.2, 0.25) is 0 Å². The average Bonchev–Trinajstić information content (AvgIpc) is 2.66. The van der Waals surface area contributed by atoms with Gasteiger partial charge in [0, 0.05) is 13.7 Å². The minimum Gasteiger partial charge on any atom is -0.382 e. The van der Waals surface area contributed by atoms with Gasteiger partial charge < -0.3 is 4.74 Å². The molecule has 0 aromatic carbocycles. The van der Waals surface area contributed by atoms with Crippen LogP contribution < -0.4 is 0 Å². The fourth-order valence-corrected chi connectivity index (χ4v) is 2.53. The van der Waals surface area contributed by atoms with Crippen LogP contribution in [0, 0.1) is 0 Å². The first-order valence-electron chi connectivity index (χ1n) is 6.30. The summed E-state index contributed by atoms with van der Waals surface area (Å²) < 4.78 is 5.24. The number of hydrazone groups is 1. The highest BCUT2D eigenvalue weighted by molar-refractivity contribution is 5.96. The van der Waals surface area contributed by atoms with E-state index in [-0.39, 0.29) is 0 Å². The molecule has 1 heterocycles. The van der Waals surface area contributed by atoms with E-state index in [0.717, 1.165) is 19.6 Å². The number of rotatable bonds is 3. The van der Waals surface area contributed by atoms with E-state index in [1.807, 2.05) is 0 Å². The van der Waals surface area contributed by atoms with Crippen LogP contribution >= 0.6 is 0 Å². The molecule has 16 heavy (non-hydrogen) atoms. The Morgan fingerprint density at radius 2 is 2.31 bits per heavy atom. The molecule has 0 N–H and O–H groups in total. The highest BCUT2D eigenvalue weighted by Crippen LogP contribution is 2.21. The maximum atomic E-state index is 5.24. The summed E-state index contributed by atoms with van der Waals surface area (Å²) >= 11 is 0. The fraction of sp³-hybridized carbons (Fsp3) is 0.769. The van der Waals surface area contributed by atoms with E-state index in [4.69, 9.17) is 9.84 Å². The average molecular weight is 222 g/mol.